The van der Waals surface area contributed by atoms with Gasteiger partial charge < -0.3 is 16.0 Å². The Morgan fingerprint density at radius 2 is 1.85 bits per heavy atom. The number of hydrogen-bond acceptors (Lipinski definition) is 2. The van der Waals surface area contributed by atoms with Crippen molar-refractivity contribution in [1.82, 2.24) is 16.0 Å². The van der Waals surface area contributed by atoms with E-state index in [1.807, 2.05) is 31.2 Å². The third kappa shape index (κ3) is 6.56. The largest absolute Gasteiger partial charge is 0.355 e. The minimum atomic E-state index is -0.227. The fourth-order valence-electron chi connectivity index (χ4n) is 1.73. The molecule has 0 aromatic heterocycles. The number of hydrogen-bond donors (Lipinski definition) is 3. The molecule has 20 heavy (non-hydrogen) atoms. The summed E-state index contributed by atoms with van der Waals surface area (Å²) < 4.78 is 1.04. The number of benzene rings is 1. The smallest absolute Gasteiger partial charge is 0.315 e. The van der Waals surface area contributed by atoms with Crippen LogP contribution in [0.4, 0.5) is 4.79 Å². The summed E-state index contributed by atoms with van der Waals surface area (Å²) in [6.07, 6.45) is 0.751. The second-order valence-corrected chi connectivity index (χ2v) is 5.43. The Morgan fingerprint density at radius 3 is 2.50 bits per heavy atom. The second kappa shape index (κ2) is 8.58. The van der Waals surface area contributed by atoms with Crippen molar-refractivity contribution in [3.63, 3.8) is 0 Å². The maximum absolute atomic E-state index is 11.6. The Bertz CT molecular complexity index is 465. The molecule has 0 spiro atoms. The van der Waals surface area contributed by atoms with Gasteiger partial charge in [-0.2, -0.15) is 0 Å². The average molecular weight is 342 g/mol. The monoisotopic (exact) mass is 341 g/mol. The van der Waals surface area contributed by atoms with Crippen molar-refractivity contribution in [3.05, 3.63) is 34.3 Å². The summed E-state index contributed by atoms with van der Waals surface area (Å²) in [4.78, 5) is 22.3. The van der Waals surface area contributed by atoms with Gasteiger partial charge in [-0.3, -0.25) is 4.79 Å². The Morgan fingerprint density at radius 1 is 1.20 bits per heavy atom. The van der Waals surface area contributed by atoms with Crippen LogP contribution in [0.1, 0.15) is 19.4 Å². The molecular formula is C14H20BrN3O2. The van der Waals surface area contributed by atoms with E-state index in [0.29, 0.717) is 13.1 Å². The van der Waals surface area contributed by atoms with E-state index >= 15 is 0 Å². The molecule has 3 amide bonds. The highest BCUT2D eigenvalue weighted by molar-refractivity contribution is 9.10. The van der Waals surface area contributed by atoms with Crippen LogP contribution in [-0.2, 0) is 11.2 Å². The van der Waals surface area contributed by atoms with E-state index in [2.05, 4.69) is 31.9 Å². The molecule has 6 heteroatoms. The fourth-order valence-corrected chi connectivity index (χ4v) is 2.18. The molecule has 0 unspecified atom stereocenters. The number of amides is 3. The molecule has 0 aliphatic carbocycles. The van der Waals surface area contributed by atoms with Gasteiger partial charge in [0.15, 0.2) is 0 Å². The molecule has 0 fully saturated rings. The van der Waals surface area contributed by atoms with Crippen molar-refractivity contribution in [2.24, 2.45) is 0 Å². The van der Waals surface area contributed by atoms with Gasteiger partial charge in [0.25, 0.3) is 0 Å². The number of halogens is 1. The van der Waals surface area contributed by atoms with E-state index in [1.165, 1.54) is 6.92 Å². The van der Waals surface area contributed by atoms with Crippen LogP contribution >= 0.6 is 15.9 Å². The molecular weight excluding hydrogens is 322 g/mol. The molecule has 0 saturated carbocycles. The standard InChI is InChI=1S/C14H20BrN3O2/c1-10(9-12-5-3-4-6-13(12)15)18-14(20)17-8-7-16-11(2)19/h3-6,10H,7-9H2,1-2H3,(H,16,19)(H2,17,18,20)/t10-/m1/s1. The van der Waals surface area contributed by atoms with Crippen LogP contribution in [0.5, 0.6) is 0 Å². The van der Waals surface area contributed by atoms with Gasteiger partial charge in [-0.05, 0) is 25.0 Å². The van der Waals surface area contributed by atoms with Crippen LogP contribution in [-0.4, -0.2) is 31.1 Å². The molecule has 1 atom stereocenters. The quantitative estimate of drug-likeness (QED) is 0.690. The van der Waals surface area contributed by atoms with Gasteiger partial charge in [0, 0.05) is 30.5 Å². The Labute approximate surface area is 127 Å². The van der Waals surface area contributed by atoms with Gasteiger partial charge in [-0.15, -0.1) is 0 Å². The third-order valence-electron chi connectivity index (χ3n) is 2.65. The molecule has 1 aromatic carbocycles. The predicted octanol–water partition coefficient (Wildman–Crippen LogP) is 1.82. The maximum Gasteiger partial charge on any atom is 0.315 e. The van der Waals surface area contributed by atoms with Crippen LogP contribution in [0.2, 0.25) is 0 Å². The lowest BCUT2D eigenvalue weighted by atomic mass is 10.1. The first-order chi connectivity index (χ1) is 9.49. The minimum Gasteiger partial charge on any atom is -0.355 e. The van der Waals surface area contributed by atoms with E-state index in [1.54, 1.807) is 0 Å². The maximum atomic E-state index is 11.6. The lowest BCUT2D eigenvalue weighted by Crippen LogP contribution is -2.44. The lowest BCUT2D eigenvalue weighted by molar-refractivity contribution is -0.118. The number of rotatable bonds is 6. The van der Waals surface area contributed by atoms with Crippen molar-refractivity contribution in [3.8, 4) is 0 Å². The molecule has 3 N–H and O–H groups in total. The minimum absolute atomic E-state index is 0.0227. The summed E-state index contributed by atoms with van der Waals surface area (Å²) in [5.41, 5.74) is 1.15. The van der Waals surface area contributed by atoms with Gasteiger partial charge in [-0.1, -0.05) is 34.1 Å². The van der Waals surface area contributed by atoms with E-state index in [-0.39, 0.29) is 18.0 Å². The van der Waals surface area contributed by atoms with Crippen molar-refractivity contribution in [2.45, 2.75) is 26.3 Å². The Kier molecular flexibility index (Phi) is 7.08. The summed E-state index contributed by atoms with van der Waals surface area (Å²) >= 11 is 3.49. The zero-order valence-corrected chi connectivity index (χ0v) is 13.3. The molecule has 0 radical (unpaired) electrons. The van der Waals surface area contributed by atoms with Gasteiger partial charge in [0.1, 0.15) is 0 Å². The predicted molar refractivity (Wildman–Crippen MR) is 82.5 cm³/mol. The zero-order chi connectivity index (χ0) is 15.0. The van der Waals surface area contributed by atoms with Gasteiger partial charge >= 0.3 is 6.03 Å². The SMILES string of the molecule is CC(=O)NCCNC(=O)N[C@H](C)Cc1ccccc1Br. The van der Waals surface area contributed by atoms with Crippen LogP contribution in [0, 0.1) is 0 Å². The number of carbonyl (C=O) groups excluding carboxylic acids is 2. The van der Waals surface area contributed by atoms with Gasteiger partial charge in [0.05, 0.1) is 0 Å². The summed E-state index contributed by atoms with van der Waals surface area (Å²) in [5, 5.41) is 8.17. The summed E-state index contributed by atoms with van der Waals surface area (Å²) in [5.74, 6) is -0.102. The molecule has 5 nitrogen and oxygen atoms in total. The first-order valence-corrected chi connectivity index (χ1v) is 7.30. The third-order valence-corrected chi connectivity index (χ3v) is 3.42. The highest BCUT2D eigenvalue weighted by atomic mass is 79.9. The van der Waals surface area contributed by atoms with Crippen LogP contribution in [0.25, 0.3) is 0 Å². The molecule has 1 aromatic rings. The second-order valence-electron chi connectivity index (χ2n) is 4.58. The average Bonchev–Trinajstić information content (AvgIpc) is 2.37. The summed E-state index contributed by atoms with van der Waals surface area (Å²) in [6, 6.07) is 7.73. The van der Waals surface area contributed by atoms with Crippen LogP contribution < -0.4 is 16.0 Å². The molecule has 0 aliphatic heterocycles. The lowest BCUT2D eigenvalue weighted by Gasteiger charge is -2.15. The molecule has 1 rings (SSSR count). The van der Waals surface area contributed by atoms with Gasteiger partial charge in [-0.25, -0.2) is 4.79 Å². The fraction of sp³-hybridized carbons (Fsp3) is 0.429. The zero-order valence-electron chi connectivity index (χ0n) is 11.7. The van der Waals surface area contributed by atoms with E-state index < -0.39 is 0 Å². The Balaban J connectivity index is 2.28. The van der Waals surface area contributed by atoms with Crippen LogP contribution in [0.3, 0.4) is 0 Å². The van der Waals surface area contributed by atoms with Crippen molar-refractivity contribution >= 4 is 27.9 Å². The summed E-state index contributed by atoms with van der Waals surface area (Å²) in [6.45, 7) is 4.24. The number of nitrogens with one attached hydrogen (secondary N) is 3. The topological polar surface area (TPSA) is 70.2 Å². The first kappa shape index (κ1) is 16.5. The Hall–Kier alpha value is -1.56. The molecule has 0 aliphatic rings. The molecule has 0 bridgehead atoms. The highest BCUT2D eigenvalue weighted by Crippen LogP contribution is 2.17. The summed E-state index contributed by atoms with van der Waals surface area (Å²) in [7, 11) is 0. The van der Waals surface area contributed by atoms with E-state index in [9.17, 15) is 9.59 Å². The highest BCUT2D eigenvalue weighted by Gasteiger charge is 2.09. The van der Waals surface area contributed by atoms with Gasteiger partial charge in [0.2, 0.25) is 5.91 Å². The van der Waals surface area contributed by atoms with Crippen molar-refractivity contribution < 1.29 is 9.59 Å². The van der Waals surface area contributed by atoms with E-state index in [0.717, 1.165) is 16.5 Å². The van der Waals surface area contributed by atoms with Crippen molar-refractivity contribution in [2.75, 3.05) is 13.1 Å². The molecule has 0 heterocycles. The normalized spacial score (nSPS) is 11.6. The number of urea groups is 1. The molecule has 110 valence electrons. The van der Waals surface area contributed by atoms with Crippen molar-refractivity contribution in [1.29, 1.82) is 0 Å². The molecule has 0 saturated heterocycles. The first-order valence-electron chi connectivity index (χ1n) is 6.51. The van der Waals surface area contributed by atoms with Crippen LogP contribution in [0.15, 0.2) is 28.7 Å². The number of carbonyl (C=O) groups is 2. The van der Waals surface area contributed by atoms with E-state index in [4.69, 9.17) is 0 Å².